The van der Waals surface area contributed by atoms with Gasteiger partial charge in [-0.3, -0.25) is 9.25 Å². The molecule has 6 rings (SSSR count). The van der Waals surface area contributed by atoms with E-state index in [0.717, 1.165) is 33.1 Å². The lowest BCUT2D eigenvalue weighted by Crippen LogP contribution is -2.30. The molecule has 0 aliphatic carbocycles. The normalized spacial score (nSPS) is 14.8. The van der Waals surface area contributed by atoms with Gasteiger partial charge < -0.3 is 9.88 Å². The second-order valence-corrected chi connectivity index (χ2v) is 9.34. The monoisotopic (exact) mass is 540 g/mol. The first-order chi connectivity index (χ1) is 18.7. The fraction of sp³-hybridized carbons (Fsp3) is 0.231. The third kappa shape index (κ3) is 4.04. The summed E-state index contributed by atoms with van der Waals surface area (Å²) in [6, 6.07) is 6.07. The van der Waals surface area contributed by atoms with Gasteiger partial charge in [0.25, 0.3) is 0 Å². The summed E-state index contributed by atoms with van der Waals surface area (Å²) >= 11 is 0. The van der Waals surface area contributed by atoms with Gasteiger partial charge in [-0.25, -0.2) is 18.2 Å². The highest BCUT2D eigenvalue weighted by Gasteiger charge is 2.45. The van der Waals surface area contributed by atoms with Gasteiger partial charge in [0, 0.05) is 37.6 Å². The minimum absolute atomic E-state index is 0.00146. The Balaban J connectivity index is 1.42. The quantitative estimate of drug-likeness (QED) is 0.287. The Kier molecular flexibility index (Phi) is 5.74. The van der Waals surface area contributed by atoms with Crippen LogP contribution in [0.25, 0.3) is 22.6 Å². The van der Waals surface area contributed by atoms with Gasteiger partial charge in [0.05, 0.1) is 23.5 Å². The summed E-state index contributed by atoms with van der Waals surface area (Å²) in [6.45, 7) is 0.890. The number of nitrogens with zero attached hydrogens (tertiary/aromatic N) is 7. The molecule has 0 amide bonds. The molecular formula is C26H21F5N8. The maximum Gasteiger partial charge on any atom is 0.334 e. The molecule has 8 nitrogen and oxygen atoms in total. The summed E-state index contributed by atoms with van der Waals surface area (Å²) in [5, 5.41) is 14.9. The van der Waals surface area contributed by atoms with Crippen molar-refractivity contribution in [1.29, 1.82) is 0 Å². The van der Waals surface area contributed by atoms with Gasteiger partial charge in [-0.2, -0.15) is 13.9 Å². The second kappa shape index (κ2) is 9.03. The molecule has 0 radical (unpaired) electrons. The average Bonchev–Trinajstić information content (AvgIpc) is 3.64. The molecule has 13 heteroatoms. The van der Waals surface area contributed by atoms with Gasteiger partial charge in [-0.1, -0.05) is 0 Å². The third-order valence-corrected chi connectivity index (χ3v) is 6.81. The highest BCUT2D eigenvalue weighted by atomic mass is 19.3. The van der Waals surface area contributed by atoms with Crippen LogP contribution in [0.15, 0.2) is 55.0 Å². The largest absolute Gasteiger partial charge is 0.342 e. The van der Waals surface area contributed by atoms with Crippen molar-refractivity contribution in [2.24, 2.45) is 7.05 Å². The molecule has 5 heterocycles. The van der Waals surface area contributed by atoms with Gasteiger partial charge in [0.15, 0.2) is 5.82 Å². The van der Waals surface area contributed by atoms with E-state index >= 15 is 8.78 Å². The topological polar surface area (TPSA) is 78.4 Å². The number of hydrogen-bond donors (Lipinski definition) is 1. The van der Waals surface area contributed by atoms with Gasteiger partial charge in [0.2, 0.25) is 5.82 Å². The number of alkyl halides is 3. The Morgan fingerprint density at radius 2 is 1.92 bits per heavy atom. The molecule has 0 saturated heterocycles. The minimum Gasteiger partial charge on any atom is -0.342 e. The molecule has 1 aliphatic heterocycles. The number of aromatic nitrogens is 7. The van der Waals surface area contributed by atoms with E-state index in [2.05, 4.69) is 25.6 Å². The summed E-state index contributed by atoms with van der Waals surface area (Å²) < 4.78 is 77.6. The predicted octanol–water partition coefficient (Wildman–Crippen LogP) is 5.54. The van der Waals surface area contributed by atoms with Crippen LogP contribution >= 0.6 is 0 Å². The van der Waals surface area contributed by atoms with E-state index in [1.165, 1.54) is 0 Å². The summed E-state index contributed by atoms with van der Waals surface area (Å²) in [5.41, 5.74) is 1.63. The first-order valence-corrected chi connectivity index (χ1v) is 11.9. The number of anilines is 2. The highest BCUT2D eigenvalue weighted by molar-refractivity contribution is 5.75. The summed E-state index contributed by atoms with van der Waals surface area (Å²) in [6.07, 6.45) is 5.14. The molecule has 39 heavy (non-hydrogen) atoms. The Labute approximate surface area is 218 Å². The van der Waals surface area contributed by atoms with Crippen LogP contribution in [0, 0.1) is 18.6 Å². The van der Waals surface area contributed by atoms with Crippen molar-refractivity contribution in [2.45, 2.75) is 25.4 Å². The van der Waals surface area contributed by atoms with Crippen LogP contribution in [0.2, 0.25) is 0 Å². The van der Waals surface area contributed by atoms with Crippen LogP contribution in [0.4, 0.5) is 33.6 Å². The molecule has 1 atom stereocenters. The van der Waals surface area contributed by atoms with Crippen molar-refractivity contribution in [3.05, 3.63) is 83.6 Å². The number of pyridine rings is 1. The average molecular weight is 541 g/mol. The number of benzene rings is 1. The maximum absolute atomic E-state index is 15.5. The highest BCUT2D eigenvalue weighted by Crippen LogP contribution is 2.42. The van der Waals surface area contributed by atoms with Crippen molar-refractivity contribution in [1.82, 2.24) is 34.1 Å². The molecule has 0 spiro atoms. The Hall–Kier alpha value is -4.55. The standard InChI is InChI=1S/C26H21F5N8/c1-14-11-32-22(34-23-5-6-33-37(23)2)9-18(14)15-7-21-24-35-36-25(39(24)17(10-27)13-38(21)12-15)26(30,31)19-8-16(28)3-4-20(19)29/h3-9,11-12,17H,10,13H2,1-2H3,(H,32,34)/t17-/m0/s1. The van der Waals surface area contributed by atoms with Gasteiger partial charge in [0.1, 0.15) is 29.9 Å². The summed E-state index contributed by atoms with van der Waals surface area (Å²) in [7, 11) is 1.79. The van der Waals surface area contributed by atoms with E-state index < -0.39 is 41.7 Å². The summed E-state index contributed by atoms with van der Waals surface area (Å²) in [4.78, 5) is 4.42. The van der Waals surface area contributed by atoms with E-state index in [0.29, 0.717) is 23.6 Å². The van der Waals surface area contributed by atoms with Crippen LogP contribution in [0.3, 0.4) is 0 Å². The van der Waals surface area contributed by atoms with Crippen LogP contribution in [0.1, 0.15) is 23.0 Å². The van der Waals surface area contributed by atoms with Crippen molar-refractivity contribution in [3.63, 3.8) is 0 Å². The zero-order chi connectivity index (χ0) is 27.5. The van der Waals surface area contributed by atoms with Crippen molar-refractivity contribution in [3.8, 4) is 22.6 Å². The summed E-state index contributed by atoms with van der Waals surface area (Å²) in [5.74, 6) is -6.06. The third-order valence-electron chi connectivity index (χ3n) is 6.81. The lowest BCUT2D eigenvalue weighted by molar-refractivity contribution is 0.0218. The number of fused-ring (bicyclic) bond motifs is 3. The van der Waals surface area contributed by atoms with Crippen molar-refractivity contribution < 1.29 is 22.0 Å². The van der Waals surface area contributed by atoms with Crippen LogP contribution in [0.5, 0.6) is 0 Å². The Morgan fingerprint density at radius 1 is 1.10 bits per heavy atom. The SMILES string of the molecule is Cc1cnc(Nc2ccnn2C)cc1-c1cc2n(c1)C[C@H](CF)n1c-2nnc1C(F)(F)c1cc(F)ccc1F. The van der Waals surface area contributed by atoms with E-state index in [1.807, 2.05) is 13.0 Å². The fourth-order valence-corrected chi connectivity index (χ4v) is 4.84. The van der Waals surface area contributed by atoms with Crippen LogP contribution < -0.4 is 5.32 Å². The Bertz CT molecular complexity index is 1700. The smallest absolute Gasteiger partial charge is 0.334 e. The molecule has 1 N–H and O–H groups in total. The molecule has 0 bridgehead atoms. The second-order valence-electron chi connectivity index (χ2n) is 9.34. The van der Waals surface area contributed by atoms with E-state index in [4.69, 9.17) is 0 Å². The minimum atomic E-state index is -4.06. The fourth-order valence-electron chi connectivity index (χ4n) is 4.84. The molecule has 0 unspecified atom stereocenters. The van der Waals surface area contributed by atoms with E-state index in [9.17, 15) is 13.2 Å². The first kappa shape index (κ1) is 24.8. The lowest BCUT2D eigenvalue weighted by atomic mass is 10.0. The number of rotatable bonds is 6. The van der Waals surface area contributed by atoms with Crippen LogP contribution in [-0.2, 0) is 19.5 Å². The molecule has 5 aromatic rings. The Morgan fingerprint density at radius 3 is 2.67 bits per heavy atom. The van der Waals surface area contributed by atoms with Gasteiger partial charge in [-0.15, -0.1) is 10.2 Å². The van der Waals surface area contributed by atoms with Crippen molar-refractivity contribution in [2.75, 3.05) is 12.0 Å². The predicted molar refractivity (Wildman–Crippen MR) is 132 cm³/mol. The molecular weight excluding hydrogens is 519 g/mol. The zero-order valence-electron chi connectivity index (χ0n) is 20.7. The van der Waals surface area contributed by atoms with E-state index in [1.54, 1.807) is 47.0 Å². The maximum atomic E-state index is 15.5. The molecule has 1 aromatic carbocycles. The molecule has 200 valence electrons. The molecule has 4 aromatic heterocycles. The molecule has 0 fully saturated rings. The van der Waals surface area contributed by atoms with E-state index in [-0.39, 0.29) is 12.4 Å². The van der Waals surface area contributed by atoms with Crippen molar-refractivity contribution >= 4 is 11.6 Å². The molecule has 0 saturated carbocycles. The van der Waals surface area contributed by atoms with Gasteiger partial charge in [-0.05, 0) is 48.4 Å². The van der Waals surface area contributed by atoms with Gasteiger partial charge >= 0.3 is 5.92 Å². The number of hydrogen-bond acceptors (Lipinski definition) is 5. The zero-order valence-corrected chi connectivity index (χ0v) is 20.7. The van der Waals surface area contributed by atoms with Crippen LogP contribution in [-0.4, -0.2) is 40.8 Å². The number of halogens is 5. The number of nitrogens with one attached hydrogen (secondary N) is 1. The molecule has 1 aliphatic rings. The first-order valence-electron chi connectivity index (χ1n) is 11.9. The lowest BCUT2D eigenvalue weighted by Gasteiger charge is -2.28. The number of aryl methyl sites for hydroxylation is 2.